The van der Waals surface area contributed by atoms with Gasteiger partial charge in [-0.05, 0) is 43.2 Å². The summed E-state index contributed by atoms with van der Waals surface area (Å²) in [4.78, 5) is 27.6. The standard InChI is InChI=1S/C25H26N2O5/c1-15-10-16(2)24-19(26-32-22(24)11-15)13-23(29)27-8-6-25(7-9-27)14-20(28)18-5-4-17(30-3)12-21(18)31-25/h4-5,10-12H,6-9,13-14H2,1-3H3. The number of Topliss-reactive ketones (excluding diaryl/α,β-unsaturated/α-hetero) is 1. The van der Waals surface area contributed by atoms with Crippen LogP contribution in [0.2, 0.25) is 0 Å². The van der Waals surface area contributed by atoms with E-state index in [0.717, 1.165) is 16.5 Å². The number of ketones is 1. The molecule has 0 radical (unpaired) electrons. The van der Waals surface area contributed by atoms with Gasteiger partial charge in [0, 0.05) is 37.4 Å². The highest BCUT2D eigenvalue weighted by molar-refractivity contribution is 6.00. The molecule has 32 heavy (non-hydrogen) atoms. The molecule has 2 aliphatic rings. The normalized spacial score (nSPS) is 17.3. The minimum atomic E-state index is -0.568. The van der Waals surface area contributed by atoms with Crippen molar-refractivity contribution >= 4 is 22.7 Å². The van der Waals surface area contributed by atoms with Crippen LogP contribution in [0.15, 0.2) is 34.9 Å². The minimum Gasteiger partial charge on any atom is -0.497 e. The largest absolute Gasteiger partial charge is 0.497 e. The molecule has 0 saturated carbocycles. The highest BCUT2D eigenvalue weighted by Crippen LogP contribution is 2.41. The Morgan fingerprint density at radius 3 is 2.72 bits per heavy atom. The van der Waals surface area contributed by atoms with Gasteiger partial charge in [0.1, 0.15) is 22.8 Å². The molecule has 0 atom stereocenters. The zero-order valence-electron chi connectivity index (χ0n) is 18.6. The van der Waals surface area contributed by atoms with Crippen LogP contribution in [0.5, 0.6) is 11.5 Å². The second-order valence-electron chi connectivity index (χ2n) is 8.89. The fourth-order valence-corrected chi connectivity index (χ4v) is 4.94. The summed E-state index contributed by atoms with van der Waals surface area (Å²) in [6, 6.07) is 9.32. The Labute approximate surface area is 186 Å². The van der Waals surface area contributed by atoms with E-state index in [4.69, 9.17) is 14.0 Å². The van der Waals surface area contributed by atoms with Crippen molar-refractivity contribution in [2.75, 3.05) is 20.2 Å². The molecule has 0 bridgehead atoms. The molecule has 0 N–H and O–H groups in total. The maximum absolute atomic E-state index is 13.0. The van der Waals surface area contributed by atoms with Crippen LogP contribution >= 0.6 is 0 Å². The Balaban J connectivity index is 1.29. The van der Waals surface area contributed by atoms with Crippen LogP contribution < -0.4 is 9.47 Å². The number of benzene rings is 2. The highest BCUT2D eigenvalue weighted by atomic mass is 16.5. The molecule has 7 heteroatoms. The van der Waals surface area contributed by atoms with Gasteiger partial charge >= 0.3 is 0 Å². The number of amides is 1. The maximum Gasteiger partial charge on any atom is 0.228 e. The Bertz CT molecular complexity index is 1220. The summed E-state index contributed by atoms with van der Waals surface area (Å²) in [6.45, 7) is 5.10. The summed E-state index contributed by atoms with van der Waals surface area (Å²) >= 11 is 0. The number of piperidine rings is 1. The van der Waals surface area contributed by atoms with Gasteiger partial charge in [-0.25, -0.2) is 0 Å². The Hall–Kier alpha value is -3.35. The fraction of sp³-hybridized carbons (Fsp3) is 0.400. The lowest BCUT2D eigenvalue weighted by atomic mass is 9.82. The van der Waals surface area contributed by atoms with Crippen molar-refractivity contribution in [3.63, 3.8) is 0 Å². The third kappa shape index (κ3) is 3.51. The summed E-state index contributed by atoms with van der Waals surface area (Å²) in [5, 5.41) is 5.08. The van der Waals surface area contributed by atoms with Gasteiger partial charge < -0.3 is 18.9 Å². The zero-order chi connectivity index (χ0) is 22.5. The molecule has 2 aliphatic heterocycles. The monoisotopic (exact) mass is 434 g/mol. The number of hydrogen-bond donors (Lipinski definition) is 0. The van der Waals surface area contributed by atoms with Crippen molar-refractivity contribution < 1.29 is 23.6 Å². The van der Waals surface area contributed by atoms with Crippen LogP contribution in [0, 0.1) is 13.8 Å². The van der Waals surface area contributed by atoms with E-state index < -0.39 is 5.60 Å². The van der Waals surface area contributed by atoms with Crippen LogP contribution in [0.3, 0.4) is 0 Å². The molecule has 0 unspecified atom stereocenters. The number of likely N-dealkylation sites (tertiary alicyclic amines) is 1. The molecular formula is C25H26N2O5. The third-order valence-electron chi connectivity index (χ3n) is 6.63. The van der Waals surface area contributed by atoms with Crippen LogP contribution in [-0.4, -0.2) is 47.5 Å². The lowest BCUT2D eigenvalue weighted by molar-refractivity contribution is -0.134. The van der Waals surface area contributed by atoms with Gasteiger partial charge in [-0.15, -0.1) is 0 Å². The Kier molecular flexibility index (Phi) is 4.92. The number of hydrogen-bond acceptors (Lipinski definition) is 6. The lowest BCUT2D eigenvalue weighted by Gasteiger charge is -2.44. The van der Waals surface area contributed by atoms with E-state index in [1.165, 1.54) is 0 Å². The summed E-state index contributed by atoms with van der Waals surface area (Å²) < 4.78 is 17.1. The van der Waals surface area contributed by atoms with E-state index in [1.807, 2.05) is 24.8 Å². The first-order valence-electron chi connectivity index (χ1n) is 10.9. The van der Waals surface area contributed by atoms with E-state index in [0.29, 0.717) is 60.7 Å². The predicted molar refractivity (Wildman–Crippen MR) is 118 cm³/mol. The summed E-state index contributed by atoms with van der Waals surface area (Å²) in [5.41, 5.74) is 3.58. The average molecular weight is 434 g/mol. The topological polar surface area (TPSA) is 81.9 Å². The van der Waals surface area contributed by atoms with Gasteiger partial charge in [-0.3, -0.25) is 9.59 Å². The lowest BCUT2D eigenvalue weighted by Crippen LogP contribution is -2.52. The van der Waals surface area contributed by atoms with E-state index >= 15 is 0 Å². The van der Waals surface area contributed by atoms with Crippen molar-refractivity contribution in [2.45, 2.75) is 45.1 Å². The molecule has 2 aromatic carbocycles. The first-order valence-corrected chi connectivity index (χ1v) is 10.9. The van der Waals surface area contributed by atoms with Crippen molar-refractivity contribution in [1.29, 1.82) is 0 Å². The number of carbonyl (C=O) groups is 2. The first-order chi connectivity index (χ1) is 15.4. The molecule has 1 amide bonds. The Morgan fingerprint density at radius 1 is 1.19 bits per heavy atom. The fourth-order valence-electron chi connectivity index (χ4n) is 4.94. The smallest absolute Gasteiger partial charge is 0.228 e. The van der Waals surface area contributed by atoms with Gasteiger partial charge in [0.15, 0.2) is 11.4 Å². The second kappa shape index (κ2) is 7.65. The molecule has 7 nitrogen and oxygen atoms in total. The van der Waals surface area contributed by atoms with Crippen LogP contribution in [0.25, 0.3) is 11.0 Å². The van der Waals surface area contributed by atoms with Crippen molar-refractivity contribution in [1.82, 2.24) is 10.1 Å². The molecular weight excluding hydrogens is 408 g/mol. The number of aromatic nitrogens is 1. The maximum atomic E-state index is 13.0. The molecule has 166 valence electrons. The van der Waals surface area contributed by atoms with E-state index in [2.05, 4.69) is 11.2 Å². The van der Waals surface area contributed by atoms with E-state index in [-0.39, 0.29) is 18.1 Å². The van der Waals surface area contributed by atoms with Gasteiger partial charge in [0.05, 0.1) is 25.5 Å². The molecule has 3 heterocycles. The van der Waals surface area contributed by atoms with Crippen molar-refractivity contribution in [3.8, 4) is 11.5 Å². The molecule has 5 rings (SSSR count). The first kappa shape index (κ1) is 20.5. The molecule has 0 aliphatic carbocycles. The summed E-state index contributed by atoms with van der Waals surface area (Å²) in [5.74, 6) is 1.32. The molecule has 1 spiro atoms. The van der Waals surface area contributed by atoms with Crippen LogP contribution in [-0.2, 0) is 11.2 Å². The summed E-state index contributed by atoms with van der Waals surface area (Å²) in [6.07, 6.45) is 1.75. The second-order valence-corrected chi connectivity index (χ2v) is 8.89. The molecule has 1 saturated heterocycles. The number of aryl methyl sites for hydroxylation is 2. The quantitative estimate of drug-likeness (QED) is 0.619. The SMILES string of the molecule is COc1ccc2c(c1)OC1(CCN(C(=O)Cc3noc4cc(C)cc(C)c34)CC1)CC2=O. The number of fused-ring (bicyclic) bond motifs is 2. The van der Waals surface area contributed by atoms with Gasteiger partial charge in [0.25, 0.3) is 0 Å². The van der Waals surface area contributed by atoms with Gasteiger partial charge in [-0.2, -0.15) is 0 Å². The highest BCUT2D eigenvalue weighted by Gasteiger charge is 2.43. The number of methoxy groups -OCH3 is 1. The summed E-state index contributed by atoms with van der Waals surface area (Å²) in [7, 11) is 1.59. The van der Waals surface area contributed by atoms with Gasteiger partial charge in [0.2, 0.25) is 5.91 Å². The molecule has 3 aromatic rings. The predicted octanol–water partition coefficient (Wildman–Crippen LogP) is 4.02. The molecule has 1 aromatic heterocycles. The Morgan fingerprint density at radius 2 is 1.97 bits per heavy atom. The number of ether oxygens (including phenoxy) is 2. The van der Waals surface area contributed by atoms with Crippen molar-refractivity contribution in [3.05, 3.63) is 52.7 Å². The van der Waals surface area contributed by atoms with Gasteiger partial charge in [-0.1, -0.05) is 11.2 Å². The number of carbonyl (C=O) groups excluding carboxylic acids is 2. The average Bonchev–Trinajstić information content (AvgIpc) is 3.16. The molecule has 1 fully saturated rings. The van der Waals surface area contributed by atoms with Crippen LogP contribution in [0.4, 0.5) is 0 Å². The number of rotatable bonds is 3. The zero-order valence-corrected chi connectivity index (χ0v) is 18.6. The number of nitrogens with zero attached hydrogens (tertiary/aromatic N) is 2. The van der Waals surface area contributed by atoms with E-state index in [9.17, 15) is 9.59 Å². The van der Waals surface area contributed by atoms with Crippen LogP contribution in [0.1, 0.15) is 46.4 Å². The minimum absolute atomic E-state index is 0.0132. The van der Waals surface area contributed by atoms with Crippen molar-refractivity contribution in [2.24, 2.45) is 0 Å². The third-order valence-corrected chi connectivity index (χ3v) is 6.63. The van der Waals surface area contributed by atoms with E-state index in [1.54, 1.807) is 25.3 Å².